The average molecular weight is 426 g/mol. The van der Waals surface area contributed by atoms with Gasteiger partial charge in [-0.2, -0.15) is 0 Å². The number of halogens is 3. The summed E-state index contributed by atoms with van der Waals surface area (Å²) in [7, 11) is 0. The van der Waals surface area contributed by atoms with Crippen molar-refractivity contribution < 1.29 is 37.3 Å². The van der Waals surface area contributed by atoms with E-state index in [1.165, 1.54) is 30.3 Å². The first-order valence-corrected chi connectivity index (χ1v) is 9.01. The smallest absolute Gasteiger partial charge is 0.258 e. The molecular formula is C20H21F3N2O5. The number of nitrogens with one attached hydrogen (secondary N) is 2. The minimum absolute atomic E-state index is 0.00447. The quantitative estimate of drug-likeness (QED) is 0.507. The van der Waals surface area contributed by atoms with E-state index in [9.17, 15) is 27.9 Å². The highest BCUT2D eigenvalue weighted by Crippen LogP contribution is 2.15. The molecule has 0 bridgehead atoms. The fourth-order valence-corrected chi connectivity index (χ4v) is 2.21. The lowest BCUT2D eigenvalue weighted by molar-refractivity contribution is -0.124. The predicted molar refractivity (Wildman–Crippen MR) is 100 cm³/mol. The SMILES string of the molecule is O=C(COc1ccc(F)cc1)NCC[C@H](O)CNC(=O)COc1ccc(F)c(F)c1. The average Bonchev–Trinajstić information content (AvgIpc) is 2.72. The number of ether oxygens (including phenoxy) is 2. The van der Waals surface area contributed by atoms with E-state index >= 15 is 0 Å². The third kappa shape index (κ3) is 8.39. The van der Waals surface area contributed by atoms with E-state index < -0.39 is 42.0 Å². The van der Waals surface area contributed by atoms with Gasteiger partial charge in [-0.25, -0.2) is 13.2 Å². The van der Waals surface area contributed by atoms with E-state index in [2.05, 4.69) is 10.6 Å². The Morgan fingerprint density at radius 3 is 2.13 bits per heavy atom. The summed E-state index contributed by atoms with van der Waals surface area (Å²) in [6.45, 7) is -0.634. The van der Waals surface area contributed by atoms with Crippen molar-refractivity contribution in [3.8, 4) is 11.5 Å². The Morgan fingerprint density at radius 1 is 0.867 bits per heavy atom. The van der Waals surface area contributed by atoms with Gasteiger partial charge in [-0.3, -0.25) is 9.59 Å². The molecule has 2 aromatic carbocycles. The standard InChI is InChI=1S/C20H21F3N2O5/c21-13-1-3-15(4-2-13)29-11-19(27)24-8-7-14(26)10-25-20(28)12-30-16-5-6-17(22)18(23)9-16/h1-6,9,14,26H,7-8,10-12H2,(H,24,27)(H,25,28)/t14-/m0/s1. The Hall–Kier alpha value is -3.27. The second-order valence-corrected chi connectivity index (χ2v) is 6.20. The number of hydrogen-bond acceptors (Lipinski definition) is 5. The lowest BCUT2D eigenvalue weighted by Crippen LogP contribution is -2.37. The fraction of sp³-hybridized carbons (Fsp3) is 0.300. The molecule has 1 atom stereocenters. The number of carbonyl (C=O) groups is 2. The van der Waals surface area contributed by atoms with Crippen molar-refractivity contribution in [2.75, 3.05) is 26.3 Å². The Bertz CT molecular complexity index is 849. The maximum Gasteiger partial charge on any atom is 0.258 e. The summed E-state index contributed by atoms with van der Waals surface area (Å²) in [5, 5.41) is 14.8. The number of aliphatic hydroxyl groups excluding tert-OH is 1. The van der Waals surface area contributed by atoms with E-state index in [1.54, 1.807) is 0 Å². The Labute approximate surface area is 170 Å². The number of hydrogen-bond donors (Lipinski definition) is 3. The van der Waals surface area contributed by atoms with Crippen LogP contribution in [-0.4, -0.2) is 49.3 Å². The van der Waals surface area contributed by atoms with Crippen molar-refractivity contribution in [3.05, 3.63) is 59.9 Å². The molecule has 10 heteroatoms. The molecule has 2 aromatic rings. The largest absolute Gasteiger partial charge is 0.484 e. The highest BCUT2D eigenvalue weighted by molar-refractivity contribution is 5.78. The van der Waals surface area contributed by atoms with Gasteiger partial charge in [0.15, 0.2) is 24.8 Å². The van der Waals surface area contributed by atoms with Gasteiger partial charge in [0.2, 0.25) is 0 Å². The molecule has 30 heavy (non-hydrogen) atoms. The van der Waals surface area contributed by atoms with Crippen LogP contribution in [0.4, 0.5) is 13.2 Å². The molecule has 0 aromatic heterocycles. The molecule has 0 saturated carbocycles. The number of aliphatic hydroxyl groups is 1. The molecule has 0 spiro atoms. The van der Waals surface area contributed by atoms with E-state index in [0.717, 1.165) is 12.1 Å². The van der Waals surface area contributed by atoms with Crippen LogP contribution in [0.5, 0.6) is 11.5 Å². The maximum atomic E-state index is 13.0. The van der Waals surface area contributed by atoms with Crippen LogP contribution in [0.2, 0.25) is 0 Å². The fourth-order valence-electron chi connectivity index (χ4n) is 2.21. The van der Waals surface area contributed by atoms with Gasteiger partial charge in [0.25, 0.3) is 11.8 Å². The van der Waals surface area contributed by atoms with Crippen LogP contribution in [0.1, 0.15) is 6.42 Å². The van der Waals surface area contributed by atoms with Crippen LogP contribution in [0.3, 0.4) is 0 Å². The summed E-state index contributed by atoms with van der Waals surface area (Å²) in [6, 6.07) is 8.09. The zero-order valence-electron chi connectivity index (χ0n) is 15.9. The number of rotatable bonds is 11. The van der Waals surface area contributed by atoms with Crippen LogP contribution in [0.15, 0.2) is 42.5 Å². The Balaban J connectivity index is 1.56. The lowest BCUT2D eigenvalue weighted by Gasteiger charge is -2.13. The van der Waals surface area contributed by atoms with Crippen LogP contribution < -0.4 is 20.1 Å². The summed E-state index contributed by atoms with van der Waals surface area (Å²) in [4.78, 5) is 23.3. The van der Waals surface area contributed by atoms with Gasteiger partial charge in [-0.1, -0.05) is 0 Å². The summed E-state index contributed by atoms with van der Waals surface area (Å²) >= 11 is 0. The summed E-state index contributed by atoms with van der Waals surface area (Å²) in [5.41, 5.74) is 0. The molecule has 0 unspecified atom stereocenters. The highest BCUT2D eigenvalue weighted by atomic mass is 19.2. The van der Waals surface area contributed by atoms with Crippen molar-refractivity contribution in [3.63, 3.8) is 0 Å². The molecular weight excluding hydrogens is 405 g/mol. The first kappa shape index (κ1) is 23.0. The van der Waals surface area contributed by atoms with Crippen LogP contribution in [0, 0.1) is 17.5 Å². The van der Waals surface area contributed by atoms with Gasteiger partial charge in [0.05, 0.1) is 6.10 Å². The zero-order chi connectivity index (χ0) is 21.9. The Kier molecular flexibility index (Phi) is 8.95. The molecule has 0 aliphatic rings. The molecule has 7 nitrogen and oxygen atoms in total. The first-order valence-electron chi connectivity index (χ1n) is 9.01. The number of benzene rings is 2. The Morgan fingerprint density at radius 2 is 1.47 bits per heavy atom. The second-order valence-electron chi connectivity index (χ2n) is 6.20. The molecule has 2 amide bonds. The molecule has 0 radical (unpaired) electrons. The predicted octanol–water partition coefficient (Wildman–Crippen LogP) is 1.55. The number of carbonyl (C=O) groups excluding carboxylic acids is 2. The minimum Gasteiger partial charge on any atom is -0.484 e. The van der Waals surface area contributed by atoms with Gasteiger partial charge in [0.1, 0.15) is 17.3 Å². The van der Waals surface area contributed by atoms with Crippen LogP contribution in [-0.2, 0) is 9.59 Å². The second kappa shape index (κ2) is 11.7. The number of amides is 2. The van der Waals surface area contributed by atoms with Crippen LogP contribution in [0.25, 0.3) is 0 Å². The van der Waals surface area contributed by atoms with Crippen molar-refractivity contribution in [1.29, 1.82) is 0 Å². The normalized spacial score (nSPS) is 11.5. The molecule has 2 rings (SSSR count). The zero-order valence-corrected chi connectivity index (χ0v) is 15.9. The molecule has 0 aliphatic carbocycles. The summed E-state index contributed by atoms with van der Waals surface area (Å²) < 4.78 is 48.8. The molecule has 162 valence electrons. The molecule has 0 heterocycles. The van der Waals surface area contributed by atoms with Crippen molar-refractivity contribution in [2.45, 2.75) is 12.5 Å². The molecule has 3 N–H and O–H groups in total. The highest BCUT2D eigenvalue weighted by Gasteiger charge is 2.10. The summed E-state index contributed by atoms with van der Waals surface area (Å²) in [6.07, 6.45) is -0.748. The van der Waals surface area contributed by atoms with Crippen molar-refractivity contribution in [1.82, 2.24) is 10.6 Å². The molecule has 0 aliphatic heterocycles. The monoisotopic (exact) mass is 426 g/mol. The van der Waals surface area contributed by atoms with E-state index in [1.807, 2.05) is 0 Å². The van der Waals surface area contributed by atoms with Gasteiger partial charge >= 0.3 is 0 Å². The maximum absolute atomic E-state index is 13.0. The molecule has 0 fully saturated rings. The van der Waals surface area contributed by atoms with Gasteiger partial charge in [0, 0.05) is 19.2 Å². The van der Waals surface area contributed by atoms with Gasteiger partial charge in [-0.05, 0) is 42.8 Å². The minimum atomic E-state index is -1.09. The van der Waals surface area contributed by atoms with Gasteiger partial charge < -0.3 is 25.2 Å². The van der Waals surface area contributed by atoms with Crippen molar-refractivity contribution >= 4 is 11.8 Å². The van der Waals surface area contributed by atoms with Gasteiger partial charge in [-0.15, -0.1) is 0 Å². The van der Waals surface area contributed by atoms with E-state index in [4.69, 9.17) is 9.47 Å². The van der Waals surface area contributed by atoms with E-state index in [0.29, 0.717) is 5.75 Å². The third-order valence-electron chi connectivity index (χ3n) is 3.78. The molecule has 0 saturated heterocycles. The summed E-state index contributed by atoms with van der Waals surface area (Å²) in [5.74, 6) is -3.16. The van der Waals surface area contributed by atoms with Crippen LogP contribution >= 0.6 is 0 Å². The lowest BCUT2D eigenvalue weighted by atomic mass is 10.2. The van der Waals surface area contributed by atoms with E-state index in [-0.39, 0.29) is 31.9 Å². The topological polar surface area (TPSA) is 96.9 Å². The third-order valence-corrected chi connectivity index (χ3v) is 3.78. The van der Waals surface area contributed by atoms with Crippen molar-refractivity contribution in [2.24, 2.45) is 0 Å². The first-order chi connectivity index (χ1) is 14.3.